The number of rotatable bonds is 1. The van der Waals surface area contributed by atoms with Gasteiger partial charge in [-0.25, -0.2) is 0 Å². The van der Waals surface area contributed by atoms with Gasteiger partial charge >= 0.3 is 0 Å². The lowest BCUT2D eigenvalue weighted by Gasteiger charge is -1.99. The zero-order valence-corrected chi connectivity index (χ0v) is 10.7. The number of ether oxygens (including phenoxy) is 1. The van der Waals surface area contributed by atoms with E-state index in [1.165, 1.54) is 0 Å². The maximum absolute atomic E-state index is 5.00. The fourth-order valence-electron chi connectivity index (χ4n) is 0.610. The van der Waals surface area contributed by atoms with Crippen molar-refractivity contribution in [1.82, 2.24) is 0 Å². The molecule has 0 radical (unpaired) electrons. The Morgan fingerprint density at radius 1 is 1.00 bits per heavy atom. The zero-order valence-electron chi connectivity index (χ0n) is 9.10. The minimum absolute atomic E-state index is 0.873. The number of para-hydroxylation sites is 1. The Kier molecular flexibility index (Phi) is 13.3. The monoisotopic (exact) mass is 246 g/mol. The summed E-state index contributed by atoms with van der Waals surface area (Å²) in [6.45, 7) is 8.00. The van der Waals surface area contributed by atoms with Gasteiger partial charge in [0.1, 0.15) is 5.75 Å². The molecule has 0 fully saturated rings. The van der Waals surface area contributed by atoms with E-state index in [0.717, 1.165) is 10.2 Å². The van der Waals surface area contributed by atoms with E-state index in [4.69, 9.17) is 4.74 Å². The van der Waals surface area contributed by atoms with Crippen molar-refractivity contribution in [3.63, 3.8) is 0 Å². The van der Waals surface area contributed by atoms with E-state index in [1.54, 1.807) is 7.11 Å². The molecule has 0 N–H and O–H groups in total. The predicted octanol–water partition coefficient (Wildman–Crippen LogP) is 4.51. The summed E-state index contributed by atoms with van der Waals surface area (Å²) >= 11 is 3.33. The minimum Gasteiger partial charge on any atom is -0.496 e. The van der Waals surface area contributed by atoms with Gasteiger partial charge in [-0.15, -0.1) is 0 Å². The summed E-state index contributed by atoms with van der Waals surface area (Å²) in [5.41, 5.74) is 0. The van der Waals surface area contributed by atoms with Gasteiger partial charge in [0.15, 0.2) is 0 Å². The van der Waals surface area contributed by atoms with Crippen LogP contribution in [0.4, 0.5) is 0 Å². The van der Waals surface area contributed by atoms with E-state index in [2.05, 4.69) is 15.9 Å². The molecule has 0 saturated carbocycles. The molecule has 1 aromatic rings. The van der Waals surface area contributed by atoms with Gasteiger partial charge in [-0.1, -0.05) is 39.8 Å². The van der Waals surface area contributed by atoms with Crippen LogP contribution in [0.2, 0.25) is 0 Å². The highest BCUT2D eigenvalue weighted by Gasteiger charge is 1.92. The molecular formula is C11H19BrO. The maximum atomic E-state index is 5.00. The Balaban J connectivity index is 0. The molecule has 1 aromatic carbocycles. The van der Waals surface area contributed by atoms with Crippen molar-refractivity contribution in [1.29, 1.82) is 0 Å². The van der Waals surface area contributed by atoms with Crippen molar-refractivity contribution in [3.05, 3.63) is 28.7 Å². The summed E-state index contributed by atoms with van der Waals surface area (Å²) in [4.78, 5) is 0. The molecule has 0 unspecified atom stereocenters. The summed E-state index contributed by atoms with van der Waals surface area (Å²) in [5.74, 6) is 0.873. The molecule has 13 heavy (non-hydrogen) atoms. The van der Waals surface area contributed by atoms with Crippen molar-refractivity contribution in [3.8, 4) is 5.75 Å². The molecule has 76 valence electrons. The number of hydrogen-bond donors (Lipinski definition) is 0. The van der Waals surface area contributed by atoms with Crippen LogP contribution in [0.5, 0.6) is 5.75 Å². The highest BCUT2D eigenvalue weighted by atomic mass is 79.9. The Bertz CT molecular complexity index is 199. The highest BCUT2D eigenvalue weighted by Crippen LogP contribution is 2.22. The van der Waals surface area contributed by atoms with Crippen LogP contribution < -0.4 is 4.74 Å². The van der Waals surface area contributed by atoms with Crippen molar-refractivity contribution < 1.29 is 4.74 Å². The van der Waals surface area contributed by atoms with Crippen LogP contribution in [0.3, 0.4) is 0 Å². The molecule has 0 aliphatic rings. The number of methoxy groups -OCH3 is 1. The Hall–Kier alpha value is -0.500. The number of benzene rings is 1. The lowest BCUT2D eigenvalue weighted by Crippen LogP contribution is -1.81. The first-order valence-corrected chi connectivity index (χ1v) is 5.42. The van der Waals surface area contributed by atoms with Crippen molar-refractivity contribution in [2.75, 3.05) is 7.11 Å². The molecule has 1 nitrogen and oxygen atoms in total. The van der Waals surface area contributed by atoms with Gasteiger partial charge in [0.2, 0.25) is 0 Å². The Morgan fingerprint density at radius 3 is 1.77 bits per heavy atom. The quantitative estimate of drug-likeness (QED) is 0.709. The predicted molar refractivity (Wildman–Crippen MR) is 63.4 cm³/mol. The molecule has 0 bridgehead atoms. The SMILES string of the molecule is CC.CC.COc1ccccc1Br. The third-order valence-corrected chi connectivity index (χ3v) is 1.71. The largest absolute Gasteiger partial charge is 0.496 e. The Morgan fingerprint density at radius 2 is 1.46 bits per heavy atom. The van der Waals surface area contributed by atoms with Crippen molar-refractivity contribution >= 4 is 15.9 Å². The van der Waals surface area contributed by atoms with Gasteiger partial charge in [-0.3, -0.25) is 0 Å². The normalized spacial score (nSPS) is 7.23. The fraction of sp³-hybridized carbons (Fsp3) is 0.455. The minimum atomic E-state index is 0.873. The van der Waals surface area contributed by atoms with E-state index in [9.17, 15) is 0 Å². The second-order valence-electron chi connectivity index (χ2n) is 1.63. The lowest BCUT2D eigenvalue weighted by atomic mass is 10.3. The second-order valence-corrected chi connectivity index (χ2v) is 2.49. The van der Waals surface area contributed by atoms with Crippen LogP contribution in [0.15, 0.2) is 28.7 Å². The van der Waals surface area contributed by atoms with E-state index in [0.29, 0.717) is 0 Å². The molecule has 0 amide bonds. The molecule has 0 aliphatic heterocycles. The summed E-state index contributed by atoms with van der Waals surface area (Å²) in [5, 5.41) is 0. The van der Waals surface area contributed by atoms with Crippen LogP contribution >= 0.6 is 15.9 Å². The standard InChI is InChI=1S/C7H7BrO.2C2H6/c1-9-7-5-3-2-4-6(7)8;2*1-2/h2-5H,1H3;2*1-2H3. The van der Waals surface area contributed by atoms with E-state index in [1.807, 2.05) is 52.0 Å². The van der Waals surface area contributed by atoms with Gasteiger partial charge in [-0.2, -0.15) is 0 Å². The van der Waals surface area contributed by atoms with Crippen LogP contribution in [0, 0.1) is 0 Å². The van der Waals surface area contributed by atoms with Crippen LogP contribution in [0.25, 0.3) is 0 Å². The van der Waals surface area contributed by atoms with Crippen LogP contribution in [0.1, 0.15) is 27.7 Å². The van der Waals surface area contributed by atoms with Crippen molar-refractivity contribution in [2.24, 2.45) is 0 Å². The van der Waals surface area contributed by atoms with E-state index < -0.39 is 0 Å². The average molecular weight is 247 g/mol. The first-order chi connectivity index (χ1) is 6.34. The summed E-state index contributed by atoms with van der Waals surface area (Å²) in [6.07, 6.45) is 0. The molecule has 0 aliphatic carbocycles. The van der Waals surface area contributed by atoms with Gasteiger partial charge in [0.25, 0.3) is 0 Å². The first kappa shape index (κ1) is 15.0. The Labute approximate surface area is 90.2 Å². The van der Waals surface area contributed by atoms with Gasteiger partial charge < -0.3 is 4.74 Å². The van der Waals surface area contributed by atoms with Gasteiger partial charge in [-0.05, 0) is 28.1 Å². The molecule has 0 spiro atoms. The van der Waals surface area contributed by atoms with Crippen LogP contribution in [-0.2, 0) is 0 Å². The molecule has 2 heteroatoms. The molecular weight excluding hydrogens is 228 g/mol. The van der Waals surface area contributed by atoms with Crippen LogP contribution in [-0.4, -0.2) is 7.11 Å². The topological polar surface area (TPSA) is 9.23 Å². The third-order valence-electron chi connectivity index (χ3n) is 1.06. The average Bonchev–Trinajstić information content (AvgIpc) is 2.24. The lowest BCUT2D eigenvalue weighted by molar-refractivity contribution is 0.412. The second kappa shape index (κ2) is 11.5. The number of halogens is 1. The van der Waals surface area contributed by atoms with Gasteiger partial charge in [0.05, 0.1) is 11.6 Å². The molecule has 0 aromatic heterocycles. The third kappa shape index (κ3) is 6.64. The fourth-order valence-corrected chi connectivity index (χ4v) is 1.06. The summed E-state index contributed by atoms with van der Waals surface area (Å²) in [7, 11) is 1.65. The van der Waals surface area contributed by atoms with E-state index >= 15 is 0 Å². The summed E-state index contributed by atoms with van der Waals surface area (Å²) in [6, 6.07) is 7.74. The summed E-state index contributed by atoms with van der Waals surface area (Å²) < 4.78 is 5.99. The molecule has 0 atom stereocenters. The molecule has 0 saturated heterocycles. The number of hydrogen-bond acceptors (Lipinski definition) is 1. The van der Waals surface area contributed by atoms with Crippen molar-refractivity contribution in [2.45, 2.75) is 27.7 Å². The highest BCUT2D eigenvalue weighted by molar-refractivity contribution is 9.10. The first-order valence-electron chi connectivity index (χ1n) is 4.63. The van der Waals surface area contributed by atoms with E-state index in [-0.39, 0.29) is 0 Å². The molecule has 1 rings (SSSR count). The molecule has 0 heterocycles. The maximum Gasteiger partial charge on any atom is 0.133 e. The van der Waals surface area contributed by atoms with Gasteiger partial charge in [0, 0.05) is 0 Å². The smallest absolute Gasteiger partial charge is 0.133 e. The zero-order chi connectivity index (χ0) is 10.7.